The van der Waals surface area contributed by atoms with Crippen molar-refractivity contribution in [2.24, 2.45) is 0 Å². The number of amides is 1. The van der Waals surface area contributed by atoms with Crippen LogP contribution in [-0.2, 0) is 17.8 Å². The van der Waals surface area contributed by atoms with E-state index in [0.717, 1.165) is 35.0 Å². The van der Waals surface area contributed by atoms with Gasteiger partial charge in [-0.05, 0) is 55.7 Å². The summed E-state index contributed by atoms with van der Waals surface area (Å²) < 4.78 is 7.23. The Kier molecular flexibility index (Phi) is 5.06. The number of hydrogen-bond acceptors (Lipinski definition) is 2. The normalized spacial score (nSPS) is 12.4. The van der Waals surface area contributed by atoms with Crippen molar-refractivity contribution in [3.8, 4) is 5.75 Å². The summed E-state index contributed by atoms with van der Waals surface area (Å²) in [7, 11) is 1.66. The molecular formula is C23H25N3O2. The predicted molar refractivity (Wildman–Crippen MR) is 113 cm³/mol. The van der Waals surface area contributed by atoms with E-state index in [1.54, 1.807) is 7.11 Å². The third-order valence-electron chi connectivity index (χ3n) is 5.22. The fraction of sp³-hybridized carbons (Fsp3) is 0.261. The fourth-order valence-electron chi connectivity index (χ4n) is 3.70. The van der Waals surface area contributed by atoms with Gasteiger partial charge in [-0.3, -0.25) is 4.79 Å². The van der Waals surface area contributed by atoms with Crippen LogP contribution in [0, 0.1) is 0 Å². The number of carbonyl (C=O) groups excluding carboxylic acids is 1. The summed E-state index contributed by atoms with van der Waals surface area (Å²) >= 11 is 0. The molecule has 0 unspecified atom stereocenters. The molecule has 4 rings (SSSR count). The van der Waals surface area contributed by atoms with Crippen molar-refractivity contribution in [3.05, 3.63) is 66.5 Å². The van der Waals surface area contributed by atoms with Gasteiger partial charge < -0.3 is 19.6 Å². The van der Waals surface area contributed by atoms with Gasteiger partial charge in [-0.25, -0.2) is 0 Å². The SMILES string of the molecule is COc1ccc2c(ccn2CC(=O)N[C@@H](C)CCc2c[nH]c3ccccc23)c1. The first kappa shape index (κ1) is 18.2. The van der Waals surface area contributed by atoms with Gasteiger partial charge in [0.2, 0.25) is 5.91 Å². The number of methoxy groups -OCH3 is 1. The highest BCUT2D eigenvalue weighted by atomic mass is 16.5. The topological polar surface area (TPSA) is 59.0 Å². The zero-order chi connectivity index (χ0) is 19.5. The molecule has 0 bridgehead atoms. The molecule has 144 valence electrons. The number of rotatable bonds is 7. The van der Waals surface area contributed by atoms with E-state index in [2.05, 4.69) is 41.6 Å². The highest BCUT2D eigenvalue weighted by Crippen LogP contribution is 2.22. The van der Waals surface area contributed by atoms with Gasteiger partial charge in [0.25, 0.3) is 0 Å². The Morgan fingerprint density at radius 3 is 2.93 bits per heavy atom. The molecule has 5 heteroatoms. The quantitative estimate of drug-likeness (QED) is 0.507. The number of nitrogens with one attached hydrogen (secondary N) is 2. The molecule has 1 atom stereocenters. The van der Waals surface area contributed by atoms with Crippen molar-refractivity contribution in [2.75, 3.05) is 7.11 Å². The van der Waals surface area contributed by atoms with Gasteiger partial charge in [-0.1, -0.05) is 18.2 Å². The molecule has 4 aromatic rings. The zero-order valence-electron chi connectivity index (χ0n) is 16.2. The lowest BCUT2D eigenvalue weighted by molar-refractivity contribution is -0.122. The Bertz CT molecular complexity index is 1110. The lowest BCUT2D eigenvalue weighted by Gasteiger charge is -2.14. The highest BCUT2D eigenvalue weighted by Gasteiger charge is 2.11. The first-order valence-electron chi connectivity index (χ1n) is 9.61. The molecule has 1 amide bonds. The number of aromatic amines is 1. The number of fused-ring (bicyclic) bond motifs is 2. The van der Waals surface area contributed by atoms with E-state index in [9.17, 15) is 4.79 Å². The number of H-pyrrole nitrogens is 1. The van der Waals surface area contributed by atoms with Crippen LogP contribution in [0.3, 0.4) is 0 Å². The highest BCUT2D eigenvalue weighted by molar-refractivity contribution is 5.85. The molecule has 0 aliphatic heterocycles. The Morgan fingerprint density at radius 1 is 1.21 bits per heavy atom. The lowest BCUT2D eigenvalue weighted by atomic mass is 10.1. The van der Waals surface area contributed by atoms with E-state index in [1.165, 1.54) is 10.9 Å². The van der Waals surface area contributed by atoms with E-state index >= 15 is 0 Å². The van der Waals surface area contributed by atoms with Crippen molar-refractivity contribution in [3.63, 3.8) is 0 Å². The number of aryl methyl sites for hydroxylation is 1. The van der Waals surface area contributed by atoms with Crippen LogP contribution < -0.4 is 10.1 Å². The third kappa shape index (κ3) is 3.74. The monoisotopic (exact) mass is 375 g/mol. The van der Waals surface area contributed by atoms with Gasteiger partial charge in [0, 0.05) is 40.2 Å². The molecule has 0 spiro atoms. The molecule has 2 aromatic carbocycles. The van der Waals surface area contributed by atoms with Crippen molar-refractivity contribution < 1.29 is 9.53 Å². The Hall–Kier alpha value is -3.21. The van der Waals surface area contributed by atoms with Crippen LogP contribution in [0.2, 0.25) is 0 Å². The lowest BCUT2D eigenvalue weighted by Crippen LogP contribution is -2.35. The molecule has 0 saturated carbocycles. The summed E-state index contributed by atoms with van der Waals surface area (Å²) in [6, 6.07) is 16.3. The number of hydrogen-bond donors (Lipinski definition) is 2. The summed E-state index contributed by atoms with van der Waals surface area (Å²) in [5.41, 5.74) is 3.48. The van der Waals surface area contributed by atoms with Crippen molar-refractivity contribution in [1.82, 2.24) is 14.9 Å². The smallest absolute Gasteiger partial charge is 0.240 e. The Labute approximate surface area is 164 Å². The molecule has 0 fully saturated rings. The van der Waals surface area contributed by atoms with Crippen LogP contribution >= 0.6 is 0 Å². The van der Waals surface area contributed by atoms with Gasteiger partial charge in [0.1, 0.15) is 12.3 Å². The van der Waals surface area contributed by atoms with Crippen LogP contribution in [0.15, 0.2) is 60.9 Å². The first-order valence-corrected chi connectivity index (χ1v) is 9.61. The minimum absolute atomic E-state index is 0.0275. The summed E-state index contributed by atoms with van der Waals surface area (Å²) in [5, 5.41) is 5.45. The van der Waals surface area contributed by atoms with E-state index in [4.69, 9.17) is 4.74 Å². The first-order chi connectivity index (χ1) is 13.6. The molecule has 0 aliphatic rings. The summed E-state index contributed by atoms with van der Waals surface area (Å²) in [4.78, 5) is 15.8. The van der Waals surface area contributed by atoms with Gasteiger partial charge in [-0.2, -0.15) is 0 Å². The molecule has 5 nitrogen and oxygen atoms in total. The van der Waals surface area contributed by atoms with Crippen LogP contribution in [0.25, 0.3) is 21.8 Å². The van der Waals surface area contributed by atoms with Crippen molar-refractivity contribution >= 4 is 27.7 Å². The molecule has 2 heterocycles. The summed E-state index contributed by atoms with van der Waals surface area (Å²) in [5.74, 6) is 0.848. The van der Waals surface area contributed by atoms with Crippen LogP contribution in [0.5, 0.6) is 5.75 Å². The minimum Gasteiger partial charge on any atom is -0.497 e. The molecule has 0 radical (unpaired) electrons. The standard InChI is InChI=1S/C23H25N3O2/c1-16(7-8-18-14-24-21-6-4-3-5-20(18)21)25-23(27)15-26-12-11-17-13-19(28-2)9-10-22(17)26/h3-6,9-14,16,24H,7-8,15H2,1-2H3,(H,25,27)/t16-/m0/s1. The number of ether oxygens (including phenoxy) is 1. The number of aromatic nitrogens is 2. The molecule has 0 aliphatic carbocycles. The van der Waals surface area contributed by atoms with Crippen molar-refractivity contribution in [2.45, 2.75) is 32.4 Å². The maximum absolute atomic E-state index is 12.5. The van der Waals surface area contributed by atoms with Crippen LogP contribution in [0.1, 0.15) is 18.9 Å². The maximum Gasteiger partial charge on any atom is 0.240 e. The second kappa shape index (κ2) is 7.80. The van der Waals surface area contributed by atoms with Gasteiger partial charge in [0.05, 0.1) is 7.11 Å². The number of nitrogens with zero attached hydrogens (tertiary/aromatic N) is 1. The third-order valence-corrected chi connectivity index (χ3v) is 5.22. The van der Waals surface area contributed by atoms with E-state index in [1.807, 2.05) is 41.1 Å². The van der Waals surface area contributed by atoms with E-state index in [0.29, 0.717) is 6.54 Å². The summed E-state index contributed by atoms with van der Waals surface area (Å²) in [6.07, 6.45) is 5.84. The van der Waals surface area contributed by atoms with Crippen molar-refractivity contribution in [1.29, 1.82) is 0 Å². The second-order valence-electron chi connectivity index (χ2n) is 7.24. The zero-order valence-corrected chi connectivity index (χ0v) is 16.2. The molecule has 28 heavy (non-hydrogen) atoms. The average Bonchev–Trinajstić information content (AvgIpc) is 3.30. The second-order valence-corrected chi connectivity index (χ2v) is 7.24. The molecule has 2 N–H and O–H groups in total. The van der Waals surface area contributed by atoms with Crippen LogP contribution in [-0.4, -0.2) is 28.6 Å². The fourth-order valence-corrected chi connectivity index (χ4v) is 3.70. The van der Waals surface area contributed by atoms with Gasteiger partial charge in [-0.15, -0.1) is 0 Å². The predicted octanol–water partition coefficient (Wildman–Crippen LogP) is 4.27. The van der Waals surface area contributed by atoms with Gasteiger partial charge in [0.15, 0.2) is 0 Å². The molecule has 0 saturated heterocycles. The van der Waals surface area contributed by atoms with E-state index < -0.39 is 0 Å². The Balaban J connectivity index is 1.34. The number of carbonyl (C=O) groups is 1. The summed E-state index contributed by atoms with van der Waals surface area (Å²) in [6.45, 7) is 2.37. The Morgan fingerprint density at radius 2 is 2.07 bits per heavy atom. The average molecular weight is 375 g/mol. The number of para-hydroxylation sites is 1. The largest absolute Gasteiger partial charge is 0.497 e. The number of benzene rings is 2. The van der Waals surface area contributed by atoms with Gasteiger partial charge >= 0.3 is 0 Å². The molecular weight excluding hydrogens is 350 g/mol. The van der Waals surface area contributed by atoms with E-state index in [-0.39, 0.29) is 11.9 Å². The molecule has 2 aromatic heterocycles. The minimum atomic E-state index is 0.0275. The van der Waals surface area contributed by atoms with Crippen LogP contribution in [0.4, 0.5) is 0 Å². The maximum atomic E-state index is 12.5.